The van der Waals surface area contributed by atoms with Crippen LogP contribution in [0.25, 0.3) is 0 Å². The maximum absolute atomic E-state index is 11.0. The van der Waals surface area contributed by atoms with Gasteiger partial charge in [-0.05, 0) is 41.4 Å². The molecule has 1 atom stereocenters. The van der Waals surface area contributed by atoms with Crippen molar-refractivity contribution < 1.29 is 4.79 Å². The van der Waals surface area contributed by atoms with E-state index in [4.69, 9.17) is 11.6 Å². The second kappa shape index (κ2) is 4.42. The number of rotatable bonds is 2. The summed E-state index contributed by atoms with van der Waals surface area (Å²) >= 11 is 5.42. The van der Waals surface area contributed by atoms with Crippen LogP contribution < -0.4 is 0 Å². The van der Waals surface area contributed by atoms with Crippen LogP contribution in [0.15, 0.2) is 53.7 Å². The lowest BCUT2D eigenvalue weighted by Gasteiger charge is -2.15. The minimum atomic E-state index is -0.428. The number of allylic oxidation sites excluding steroid dienone is 2. The molecule has 0 radical (unpaired) electrons. The van der Waals surface area contributed by atoms with Crippen molar-refractivity contribution in [3.05, 3.63) is 59.8 Å². The van der Waals surface area contributed by atoms with Crippen molar-refractivity contribution in [3.8, 4) is 0 Å². The van der Waals surface area contributed by atoms with Crippen LogP contribution in [0.2, 0.25) is 0 Å². The van der Waals surface area contributed by atoms with E-state index in [9.17, 15) is 4.79 Å². The Bertz CT molecular complexity index is 572. The summed E-state index contributed by atoms with van der Waals surface area (Å²) in [4.78, 5) is 17.8. The lowest BCUT2D eigenvalue weighted by molar-refractivity contribution is 0.108. The standard InChI is InChI=1S/C14H11ClN2O/c15-14(18)11-6-4-10(5-7-11)12-9-17-8-2-1-3-13(17)16-12/h1-8,12H,9H2. The summed E-state index contributed by atoms with van der Waals surface area (Å²) in [6.45, 7) is 0.838. The van der Waals surface area contributed by atoms with E-state index in [2.05, 4.69) is 9.89 Å². The molecule has 3 rings (SSSR count). The van der Waals surface area contributed by atoms with Crippen molar-refractivity contribution in [2.24, 2.45) is 4.99 Å². The van der Waals surface area contributed by atoms with Gasteiger partial charge >= 0.3 is 0 Å². The van der Waals surface area contributed by atoms with E-state index in [1.807, 2.05) is 36.6 Å². The number of benzene rings is 1. The van der Waals surface area contributed by atoms with Crippen LogP contribution in [0.4, 0.5) is 0 Å². The monoisotopic (exact) mass is 258 g/mol. The van der Waals surface area contributed by atoms with Gasteiger partial charge in [-0.25, -0.2) is 0 Å². The van der Waals surface area contributed by atoms with Gasteiger partial charge in [0.2, 0.25) is 0 Å². The van der Waals surface area contributed by atoms with Crippen molar-refractivity contribution in [1.82, 2.24) is 4.90 Å². The molecule has 0 aliphatic carbocycles. The number of carbonyl (C=O) groups excluding carboxylic acids is 1. The van der Waals surface area contributed by atoms with Gasteiger partial charge in [0.15, 0.2) is 0 Å². The highest BCUT2D eigenvalue weighted by Gasteiger charge is 2.24. The first kappa shape index (κ1) is 11.2. The number of carbonyl (C=O) groups is 1. The second-order valence-corrected chi connectivity index (χ2v) is 4.60. The molecule has 3 nitrogen and oxygen atoms in total. The second-order valence-electron chi connectivity index (χ2n) is 4.25. The largest absolute Gasteiger partial charge is 0.331 e. The number of aliphatic imine (C=N–C) groups is 1. The van der Waals surface area contributed by atoms with E-state index < -0.39 is 5.24 Å². The third-order valence-electron chi connectivity index (χ3n) is 3.10. The lowest BCUT2D eigenvalue weighted by atomic mass is 10.1. The maximum atomic E-state index is 11.0. The molecule has 0 amide bonds. The summed E-state index contributed by atoms with van der Waals surface area (Å²) in [5, 5.41) is -0.428. The van der Waals surface area contributed by atoms with E-state index in [1.165, 1.54) is 0 Å². The lowest BCUT2D eigenvalue weighted by Crippen LogP contribution is -2.21. The molecule has 0 N–H and O–H groups in total. The van der Waals surface area contributed by atoms with Gasteiger partial charge in [0, 0.05) is 11.8 Å². The van der Waals surface area contributed by atoms with Gasteiger partial charge in [-0.2, -0.15) is 0 Å². The average molecular weight is 259 g/mol. The summed E-state index contributed by atoms with van der Waals surface area (Å²) in [5.41, 5.74) is 1.61. The predicted octanol–water partition coefficient (Wildman–Crippen LogP) is 2.90. The van der Waals surface area contributed by atoms with Gasteiger partial charge in [-0.1, -0.05) is 18.2 Å². The Labute approximate surface area is 110 Å². The van der Waals surface area contributed by atoms with E-state index >= 15 is 0 Å². The minimum absolute atomic E-state index is 0.117. The fraction of sp³-hybridized carbons (Fsp3) is 0.143. The van der Waals surface area contributed by atoms with Crippen LogP contribution in [-0.4, -0.2) is 22.5 Å². The zero-order valence-electron chi connectivity index (χ0n) is 9.58. The quantitative estimate of drug-likeness (QED) is 0.764. The fourth-order valence-electron chi connectivity index (χ4n) is 2.14. The number of hydrogen-bond donors (Lipinski definition) is 0. The zero-order valence-corrected chi connectivity index (χ0v) is 10.3. The molecule has 0 saturated heterocycles. The fourth-order valence-corrected chi connectivity index (χ4v) is 2.27. The van der Waals surface area contributed by atoms with Gasteiger partial charge in [0.1, 0.15) is 5.84 Å². The number of amidine groups is 1. The molecule has 0 saturated carbocycles. The molecule has 0 spiro atoms. The summed E-state index contributed by atoms with van der Waals surface area (Å²) in [6, 6.07) is 7.43. The maximum Gasteiger partial charge on any atom is 0.252 e. The predicted molar refractivity (Wildman–Crippen MR) is 71.8 cm³/mol. The number of fused-ring (bicyclic) bond motifs is 1. The molecule has 1 aromatic carbocycles. The molecule has 2 heterocycles. The molecular formula is C14H11ClN2O. The molecule has 1 aromatic rings. The van der Waals surface area contributed by atoms with Gasteiger partial charge < -0.3 is 4.90 Å². The minimum Gasteiger partial charge on any atom is -0.331 e. The van der Waals surface area contributed by atoms with Gasteiger partial charge in [0.25, 0.3) is 5.24 Å². The molecule has 2 aliphatic heterocycles. The molecule has 2 aliphatic rings. The van der Waals surface area contributed by atoms with Crippen LogP contribution in [0.1, 0.15) is 22.0 Å². The van der Waals surface area contributed by atoms with Crippen LogP contribution in [-0.2, 0) is 0 Å². The van der Waals surface area contributed by atoms with Gasteiger partial charge in [-0.15, -0.1) is 0 Å². The van der Waals surface area contributed by atoms with E-state index in [1.54, 1.807) is 12.1 Å². The smallest absolute Gasteiger partial charge is 0.252 e. The third-order valence-corrected chi connectivity index (χ3v) is 3.32. The Kier molecular flexibility index (Phi) is 2.76. The van der Waals surface area contributed by atoms with Crippen molar-refractivity contribution in [2.75, 3.05) is 6.54 Å². The van der Waals surface area contributed by atoms with Crippen molar-refractivity contribution in [2.45, 2.75) is 6.04 Å². The first-order valence-electron chi connectivity index (χ1n) is 5.73. The number of halogens is 1. The summed E-state index contributed by atoms with van der Waals surface area (Å²) in [5.74, 6) is 0.986. The first-order chi connectivity index (χ1) is 8.74. The highest BCUT2D eigenvalue weighted by Crippen LogP contribution is 2.27. The molecular weight excluding hydrogens is 248 g/mol. The van der Waals surface area contributed by atoms with Crippen molar-refractivity contribution in [3.63, 3.8) is 0 Å². The van der Waals surface area contributed by atoms with E-state index in [-0.39, 0.29) is 6.04 Å². The Morgan fingerprint density at radius 1 is 1.28 bits per heavy atom. The van der Waals surface area contributed by atoms with Crippen LogP contribution >= 0.6 is 11.6 Å². The SMILES string of the molecule is O=C(Cl)c1ccc(C2CN3C=CC=CC3=N2)cc1. The van der Waals surface area contributed by atoms with Crippen molar-refractivity contribution >= 4 is 22.7 Å². The Morgan fingerprint density at radius 2 is 2.06 bits per heavy atom. The highest BCUT2D eigenvalue weighted by molar-refractivity contribution is 6.67. The molecule has 1 unspecified atom stereocenters. The zero-order chi connectivity index (χ0) is 12.5. The Balaban J connectivity index is 1.84. The molecule has 0 fully saturated rings. The highest BCUT2D eigenvalue weighted by atomic mass is 35.5. The van der Waals surface area contributed by atoms with Crippen LogP contribution in [0.3, 0.4) is 0 Å². The summed E-state index contributed by atoms with van der Waals surface area (Å²) < 4.78 is 0. The third kappa shape index (κ3) is 1.97. The number of nitrogens with zero attached hydrogens (tertiary/aromatic N) is 2. The summed E-state index contributed by atoms with van der Waals surface area (Å²) in [6.07, 6.45) is 8.00. The topological polar surface area (TPSA) is 32.7 Å². The van der Waals surface area contributed by atoms with E-state index in [0.717, 1.165) is 17.9 Å². The van der Waals surface area contributed by atoms with Gasteiger partial charge in [-0.3, -0.25) is 9.79 Å². The Morgan fingerprint density at radius 3 is 2.72 bits per heavy atom. The Hall–Kier alpha value is -1.87. The van der Waals surface area contributed by atoms with E-state index in [0.29, 0.717) is 5.56 Å². The van der Waals surface area contributed by atoms with Gasteiger partial charge in [0.05, 0.1) is 12.6 Å². The van der Waals surface area contributed by atoms with Crippen molar-refractivity contribution in [1.29, 1.82) is 0 Å². The molecule has 18 heavy (non-hydrogen) atoms. The van der Waals surface area contributed by atoms with Crippen LogP contribution in [0.5, 0.6) is 0 Å². The molecule has 0 aromatic heterocycles. The first-order valence-corrected chi connectivity index (χ1v) is 6.11. The molecule has 90 valence electrons. The molecule has 4 heteroatoms. The number of hydrogen-bond acceptors (Lipinski definition) is 3. The average Bonchev–Trinajstić information content (AvgIpc) is 2.82. The normalized spacial score (nSPS) is 20.8. The molecule has 0 bridgehead atoms. The van der Waals surface area contributed by atoms with Crippen LogP contribution in [0, 0.1) is 0 Å². The summed E-state index contributed by atoms with van der Waals surface area (Å²) in [7, 11) is 0.